The van der Waals surface area contributed by atoms with Gasteiger partial charge in [-0.25, -0.2) is 9.37 Å². The Morgan fingerprint density at radius 2 is 1.79 bits per heavy atom. The van der Waals surface area contributed by atoms with Crippen LogP contribution in [-0.4, -0.2) is 55.4 Å². The lowest BCUT2D eigenvalue weighted by Gasteiger charge is -2.53. The van der Waals surface area contributed by atoms with Crippen LogP contribution in [0.25, 0.3) is 10.4 Å². The molecule has 1 spiro atoms. The SMILES string of the molecule is [2H]c1c([2H])c(C(=O)N2CCc3cc(C(=O)Cc4c(C)cccc4F)sc3-c3ccccc32)c([2H])c([2H])c1NC(=O)c1cc(C)cnc1N1CC2(CCOCC2)C1. The van der Waals surface area contributed by atoms with E-state index < -0.39 is 47.4 Å². The molecule has 0 bridgehead atoms. The van der Waals surface area contributed by atoms with Gasteiger partial charge in [0, 0.05) is 72.6 Å². The highest BCUT2D eigenvalue weighted by Crippen LogP contribution is 2.44. The largest absolute Gasteiger partial charge is 0.381 e. The second kappa shape index (κ2) is 13.7. The fourth-order valence-corrected chi connectivity index (χ4v) is 8.58. The van der Waals surface area contributed by atoms with E-state index in [2.05, 4.69) is 10.3 Å². The maximum atomic E-state index is 14.6. The number of pyridine rings is 1. The van der Waals surface area contributed by atoms with Gasteiger partial charge in [0.1, 0.15) is 11.6 Å². The Bertz CT molecular complexity index is 2390. The zero-order chi connectivity index (χ0) is 39.5. The van der Waals surface area contributed by atoms with Gasteiger partial charge >= 0.3 is 0 Å². The van der Waals surface area contributed by atoms with Crippen LogP contribution >= 0.6 is 11.3 Å². The Hall–Kier alpha value is -5.19. The first-order valence-electron chi connectivity index (χ1n) is 19.4. The third-order valence-corrected chi connectivity index (χ3v) is 11.5. The van der Waals surface area contributed by atoms with E-state index in [0.717, 1.165) is 41.9 Å². The molecule has 52 heavy (non-hydrogen) atoms. The number of carbonyl (C=O) groups is 3. The third kappa shape index (κ3) is 6.41. The first kappa shape index (κ1) is 29.4. The molecule has 2 fully saturated rings. The highest BCUT2D eigenvalue weighted by atomic mass is 32.1. The summed E-state index contributed by atoms with van der Waals surface area (Å²) >= 11 is 1.27. The van der Waals surface area contributed by atoms with Crippen molar-refractivity contribution in [2.75, 3.05) is 48.0 Å². The number of aromatic nitrogens is 1. The molecular formula is C42H39FN4O4S. The summed E-state index contributed by atoms with van der Waals surface area (Å²) in [5.74, 6) is -1.50. The molecule has 5 heterocycles. The standard InChI is InChI=1S/C42H39FN4O4S/c1-26-20-33(39(44-23-26)46-24-42(25-46)15-18-51-19-16-42)40(49)45-30-12-10-28(11-13-30)41(50)47-17-14-29-21-37(52-38(29)31-7-3-4-9-35(31)47)36(48)22-32-27(2)6-5-8-34(32)43/h3-13,20-21,23H,14-19,22,24-25H2,1-2H3,(H,45,49)/i10D,11D,12D,13D. The summed E-state index contributed by atoms with van der Waals surface area (Å²) in [5.41, 5.74) is 3.41. The summed E-state index contributed by atoms with van der Waals surface area (Å²) in [4.78, 5) is 50.9. The number of anilines is 3. The molecule has 1 N–H and O–H groups in total. The van der Waals surface area contributed by atoms with Crippen molar-refractivity contribution in [2.45, 2.75) is 39.5 Å². The van der Waals surface area contributed by atoms with Crippen molar-refractivity contribution in [2.24, 2.45) is 5.41 Å². The summed E-state index contributed by atoms with van der Waals surface area (Å²) in [7, 11) is 0. The average molecular weight is 719 g/mol. The van der Waals surface area contributed by atoms with Gasteiger partial charge in [0.05, 0.1) is 21.6 Å². The van der Waals surface area contributed by atoms with Crippen molar-refractivity contribution in [1.82, 2.24) is 4.98 Å². The predicted molar refractivity (Wildman–Crippen MR) is 202 cm³/mol. The van der Waals surface area contributed by atoms with E-state index >= 15 is 0 Å². The number of amides is 2. The summed E-state index contributed by atoms with van der Waals surface area (Å²) in [5, 5.41) is 2.62. The van der Waals surface area contributed by atoms with Crippen molar-refractivity contribution >= 4 is 46.1 Å². The Morgan fingerprint density at radius 3 is 2.56 bits per heavy atom. The number of aryl methyl sites for hydroxylation is 2. The number of ketones is 1. The van der Waals surface area contributed by atoms with Crippen molar-refractivity contribution in [3.8, 4) is 10.4 Å². The molecular weight excluding hydrogens is 676 g/mol. The second-order valence-corrected chi connectivity index (χ2v) is 14.9. The number of hydrogen-bond donors (Lipinski definition) is 1. The van der Waals surface area contributed by atoms with Crippen molar-refractivity contribution < 1.29 is 29.0 Å². The summed E-state index contributed by atoms with van der Waals surface area (Å²) in [6.45, 7) is 6.57. The minimum absolute atomic E-state index is 0.0810. The number of ether oxygens (including phenoxy) is 1. The molecule has 10 heteroatoms. The van der Waals surface area contributed by atoms with Gasteiger partial charge in [0.2, 0.25) is 0 Å². The van der Waals surface area contributed by atoms with Crippen molar-refractivity contribution in [1.29, 1.82) is 0 Å². The van der Waals surface area contributed by atoms with E-state index in [-0.39, 0.29) is 35.4 Å². The van der Waals surface area contributed by atoms with E-state index in [9.17, 15) is 18.8 Å². The molecule has 2 amide bonds. The lowest BCUT2D eigenvalue weighted by molar-refractivity contribution is -0.000511. The van der Waals surface area contributed by atoms with Crippen molar-refractivity contribution in [3.63, 3.8) is 0 Å². The molecule has 3 aliphatic heterocycles. The molecule has 2 aromatic heterocycles. The summed E-state index contributed by atoms with van der Waals surface area (Å²) < 4.78 is 55.7. The number of halogens is 1. The predicted octanol–water partition coefficient (Wildman–Crippen LogP) is 8.06. The molecule has 0 atom stereocenters. The van der Waals surface area contributed by atoms with Gasteiger partial charge in [-0.1, -0.05) is 30.3 Å². The molecule has 0 unspecified atom stereocenters. The summed E-state index contributed by atoms with van der Waals surface area (Å²) in [6, 6.07) is 13.1. The van der Waals surface area contributed by atoms with Crippen LogP contribution in [0.3, 0.4) is 0 Å². The molecule has 8 nitrogen and oxygen atoms in total. The summed E-state index contributed by atoms with van der Waals surface area (Å²) in [6.07, 6.45) is 3.81. The van der Waals surface area contributed by atoms with Crippen LogP contribution in [0.4, 0.5) is 21.6 Å². The third-order valence-electron chi connectivity index (χ3n) is 10.3. The molecule has 0 radical (unpaired) electrons. The van der Waals surface area contributed by atoms with Gasteiger partial charge in [0.25, 0.3) is 11.8 Å². The molecule has 3 aromatic carbocycles. The van der Waals surface area contributed by atoms with Crippen LogP contribution in [0, 0.1) is 25.1 Å². The maximum Gasteiger partial charge on any atom is 0.259 e. The maximum absolute atomic E-state index is 14.6. The van der Waals surface area contributed by atoms with Gasteiger partial charge in [-0.3, -0.25) is 14.4 Å². The van der Waals surface area contributed by atoms with E-state index in [1.54, 1.807) is 49.5 Å². The first-order valence-corrected chi connectivity index (χ1v) is 18.2. The number of carbonyl (C=O) groups excluding carboxylic acids is 3. The molecule has 0 aliphatic carbocycles. The van der Waals surface area contributed by atoms with Crippen LogP contribution < -0.4 is 15.1 Å². The lowest BCUT2D eigenvalue weighted by atomic mass is 9.73. The lowest BCUT2D eigenvalue weighted by Crippen LogP contribution is -2.59. The molecule has 2 saturated heterocycles. The van der Waals surface area contributed by atoms with Gasteiger partial charge in [-0.05, 0) is 104 Å². The molecule has 0 saturated carbocycles. The Morgan fingerprint density at radius 1 is 1.02 bits per heavy atom. The smallest absolute Gasteiger partial charge is 0.259 e. The van der Waals surface area contributed by atoms with Gasteiger partial charge < -0.3 is 19.9 Å². The Balaban J connectivity index is 1.06. The number of thiophene rings is 1. The normalized spacial score (nSPS) is 17.1. The number of rotatable bonds is 7. The number of para-hydroxylation sites is 1. The van der Waals surface area contributed by atoms with Crippen molar-refractivity contribution in [3.05, 3.63) is 129 Å². The first-order chi connectivity index (χ1) is 26.9. The number of hydrogen-bond acceptors (Lipinski definition) is 7. The minimum atomic E-state index is -0.723. The quantitative estimate of drug-likeness (QED) is 0.171. The fraction of sp³-hybridized carbons (Fsp3) is 0.286. The molecule has 8 rings (SSSR count). The van der Waals surface area contributed by atoms with E-state index in [1.165, 1.54) is 22.3 Å². The van der Waals surface area contributed by atoms with E-state index in [0.29, 0.717) is 52.7 Å². The van der Waals surface area contributed by atoms with Gasteiger partial charge in [-0.2, -0.15) is 0 Å². The van der Waals surface area contributed by atoms with Gasteiger partial charge in [0.15, 0.2) is 5.78 Å². The Kier molecular flexibility index (Phi) is 7.77. The van der Waals surface area contributed by atoms with Crippen LogP contribution in [-0.2, 0) is 17.6 Å². The molecule has 264 valence electrons. The zero-order valence-electron chi connectivity index (χ0n) is 32.9. The zero-order valence-corrected chi connectivity index (χ0v) is 29.7. The highest BCUT2D eigenvalue weighted by Gasteiger charge is 2.45. The topological polar surface area (TPSA) is 91.8 Å². The van der Waals surface area contributed by atoms with Crippen LogP contribution in [0.2, 0.25) is 0 Å². The average Bonchev–Trinajstić information content (AvgIpc) is 3.54. The van der Waals surface area contributed by atoms with Crippen LogP contribution in [0.5, 0.6) is 0 Å². The van der Waals surface area contributed by atoms with E-state index in [1.807, 2.05) is 24.0 Å². The van der Waals surface area contributed by atoms with E-state index in [4.69, 9.17) is 10.2 Å². The van der Waals surface area contributed by atoms with Crippen LogP contribution in [0.1, 0.15) is 71.0 Å². The molecule has 3 aliphatic rings. The fourth-order valence-electron chi connectivity index (χ4n) is 7.40. The monoisotopic (exact) mass is 718 g/mol. The minimum Gasteiger partial charge on any atom is -0.381 e. The number of fused-ring (bicyclic) bond motifs is 3. The number of nitrogens with zero attached hydrogens (tertiary/aromatic N) is 3. The van der Waals surface area contributed by atoms with Crippen LogP contribution in [0.15, 0.2) is 85.0 Å². The Labute approximate surface area is 311 Å². The second-order valence-electron chi connectivity index (χ2n) is 13.9. The van der Waals surface area contributed by atoms with Gasteiger partial charge in [-0.15, -0.1) is 11.3 Å². The number of Topliss-reactive ketones (excluding diaryl/α,β-unsaturated/α-hetero) is 1. The number of benzene rings is 3. The molecule has 5 aromatic rings. The highest BCUT2D eigenvalue weighted by molar-refractivity contribution is 7.17. The number of nitrogens with one attached hydrogen (secondary N) is 1.